The number of halogens is 1. The number of benzene rings is 2. The Morgan fingerprint density at radius 3 is 2.78 bits per heavy atom. The van der Waals surface area contributed by atoms with Gasteiger partial charge >= 0.3 is 0 Å². The zero-order valence-electron chi connectivity index (χ0n) is 15.0. The highest BCUT2D eigenvalue weighted by atomic mass is 19.1. The van der Waals surface area contributed by atoms with Crippen LogP contribution in [0.15, 0.2) is 42.5 Å². The van der Waals surface area contributed by atoms with Crippen molar-refractivity contribution in [3.05, 3.63) is 65.2 Å². The smallest absolute Gasteiger partial charge is 0.231 e. The summed E-state index contributed by atoms with van der Waals surface area (Å²) in [7, 11) is 0. The second-order valence-electron chi connectivity index (χ2n) is 6.31. The van der Waals surface area contributed by atoms with Crippen molar-refractivity contribution < 1.29 is 18.7 Å². The number of aryl methyl sites for hydroxylation is 1. The first-order chi connectivity index (χ1) is 13.0. The Bertz CT molecular complexity index is 1030. The summed E-state index contributed by atoms with van der Waals surface area (Å²) >= 11 is 0. The van der Waals surface area contributed by atoms with E-state index < -0.39 is 0 Å². The lowest BCUT2D eigenvalue weighted by molar-refractivity contribution is -0.115. The largest absolute Gasteiger partial charge is 0.454 e. The number of nitrogens with one attached hydrogen (secondary N) is 1. The average Bonchev–Trinajstić information content (AvgIpc) is 3.21. The number of carbonyl (C=O) groups excluding carboxylic acids is 1. The number of carbonyl (C=O) groups is 1. The molecular weight excluding hydrogens is 349 g/mol. The minimum absolute atomic E-state index is 0.139. The number of nitrogens with zero attached hydrogens (tertiary/aromatic N) is 2. The molecule has 1 N–H and O–H groups in total. The van der Waals surface area contributed by atoms with Gasteiger partial charge in [-0.25, -0.2) is 9.07 Å². The van der Waals surface area contributed by atoms with Crippen LogP contribution in [-0.4, -0.2) is 22.5 Å². The number of amides is 1. The number of ether oxygens (including phenoxy) is 2. The van der Waals surface area contributed by atoms with Crippen molar-refractivity contribution >= 4 is 11.6 Å². The fourth-order valence-corrected chi connectivity index (χ4v) is 3.13. The van der Waals surface area contributed by atoms with Crippen LogP contribution in [0.4, 0.5) is 10.1 Å². The zero-order chi connectivity index (χ0) is 19.0. The van der Waals surface area contributed by atoms with Crippen molar-refractivity contribution in [3.8, 4) is 17.2 Å². The third kappa shape index (κ3) is 3.23. The first-order valence-corrected chi connectivity index (χ1v) is 8.52. The number of aromatic nitrogens is 2. The summed E-state index contributed by atoms with van der Waals surface area (Å²) in [6, 6.07) is 11.7. The van der Waals surface area contributed by atoms with Gasteiger partial charge in [-0.1, -0.05) is 12.1 Å². The number of anilines is 1. The highest BCUT2D eigenvalue weighted by molar-refractivity contribution is 5.93. The molecule has 0 saturated heterocycles. The Morgan fingerprint density at radius 1 is 1.19 bits per heavy atom. The first-order valence-electron chi connectivity index (χ1n) is 8.52. The fraction of sp³-hybridized carbons (Fsp3) is 0.200. The van der Waals surface area contributed by atoms with Gasteiger partial charge in [-0.15, -0.1) is 0 Å². The second kappa shape index (κ2) is 6.75. The molecule has 0 saturated carbocycles. The van der Waals surface area contributed by atoms with Crippen LogP contribution in [0, 0.1) is 19.7 Å². The number of hydrogen-bond acceptors (Lipinski definition) is 4. The SMILES string of the molecule is Cc1nn(-c2ccccc2F)c(C)c1CC(=O)Nc1ccc2c(c1)OCO2. The van der Waals surface area contributed by atoms with Gasteiger partial charge in [0, 0.05) is 23.0 Å². The predicted molar refractivity (Wildman–Crippen MR) is 97.9 cm³/mol. The van der Waals surface area contributed by atoms with Crippen molar-refractivity contribution in [2.24, 2.45) is 0 Å². The van der Waals surface area contributed by atoms with Crippen molar-refractivity contribution in [2.45, 2.75) is 20.3 Å². The Balaban J connectivity index is 1.54. The van der Waals surface area contributed by atoms with Gasteiger partial charge in [-0.2, -0.15) is 5.10 Å². The molecule has 2 aromatic carbocycles. The lowest BCUT2D eigenvalue weighted by atomic mass is 10.1. The second-order valence-corrected chi connectivity index (χ2v) is 6.31. The fourth-order valence-electron chi connectivity index (χ4n) is 3.13. The normalized spacial score (nSPS) is 12.3. The van der Waals surface area contributed by atoms with Crippen LogP contribution in [0.2, 0.25) is 0 Å². The third-order valence-corrected chi connectivity index (χ3v) is 4.52. The summed E-state index contributed by atoms with van der Waals surface area (Å²) in [6.45, 7) is 3.82. The highest BCUT2D eigenvalue weighted by Crippen LogP contribution is 2.34. The molecular formula is C20H18FN3O3. The number of hydrogen-bond donors (Lipinski definition) is 1. The number of para-hydroxylation sites is 1. The molecule has 6 nitrogen and oxygen atoms in total. The minimum Gasteiger partial charge on any atom is -0.454 e. The molecule has 1 amide bonds. The van der Waals surface area contributed by atoms with E-state index >= 15 is 0 Å². The first kappa shape index (κ1) is 17.1. The molecule has 1 aromatic heterocycles. The van der Waals surface area contributed by atoms with E-state index in [1.807, 2.05) is 13.8 Å². The molecule has 4 rings (SSSR count). The van der Waals surface area contributed by atoms with Gasteiger partial charge < -0.3 is 14.8 Å². The van der Waals surface area contributed by atoms with Gasteiger partial charge in [-0.3, -0.25) is 4.79 Å². The summed E-state index contributed by atoms with van der Waals surface area (Å²) < 4.78 is 26.2. The molecule has 138 valence electrons. The molecule has 27 heavy (non-hydrogen) atoms. The topological polar surface area (TPSA) is 65.4 Å². The molecule has 3 aromatic rings. The minimum atomic E-state index is -0.362. The summed E-state index contributed by atoms with van der Waals surface area (Å²) in [6.07, 6.45) is 0.139. The van der Waals surface area contributed by atoms with Gasteiger partial charge in [-0.05, 0) is 38.1 Å². The van der Waals surface area contributed by atoms with Gasteiger partial charge in [0.05, 0.1) is 12.1 Å². The van der Waals surface area contributed by atoms with Crippen LogP contribution >= 0.6 is 0 Å². The van der Waals surface area contributed by atoms with Crippen LogP contribution in [0.3, 0.4) is 0 Å². The molecule has 0 fully saturated rings. The third-order valence-electron chi connectivity index (χ3n) is 4.52. The lowest BCUT2D eigenvalue weighted by Crippen LogP contribution is -2.15. The molecule has 0 unspecified atom stereocenters. The van der Waals surface area contributed by atoms with E-state index in [9.17, 15) is 9.18 Å². The number of fused-ring (bicyclic) bond motifs is 1. The van der Waals surface area contributed by atoms with E-state index in [0.29, 0.717) is 28.6 Å². The van der Waals surface area contributed by atoms with E-state index in [2.05, 4.69) is 10.4 Å². The van der Waals surface area contributed by atoms with Crippen molar-refractivity contribution in [1.82, 2.24) is 9.78 Å². The monoisotopic (exact) mass is 367 g/mol. The van der Waals surface area contributed by atoms with E-state index in [1.165, 1.54) is 10.7 Å². The molecule has 2 heterocycles. The van der Waals surface area contributed by atoms with E-state index in [0.717, 1.165) is 11.3 Å². The average molecular weight is 367 g/mol. The predicted octanol–water partition coefficient (Wildman–Crippen LogP) is 3.54. The van der Waals surface area contributed by atoms with Crippen molar-refractivity contribution in [3.63, 3.8) is 0 Å². The Hall–Kier alpha value is -3.35. The molecule has 7 heteroatoms. The maximum absolute atomic E-state index is 14.1. The van der Waals surface area contributed by atoms with Gasteiger partial charge in [0.15, 0.2) is 11.5 Å². The molecule has 0 atom stereocenters. The van der Waals surface area contributed by atoms with E-state index in [4.69, 9.17) is 9.47 Å². The van der Waals surface area contributed by atoms with E-state index in [1.54, 1.807) is 36.4 Å². The van der Waals surface area contributed by atoms with Crippen LogP contribution in [0.5, 0.6) is 11.5 Å². The molecule has 0 aliphatic carbocycles. The lowest BCUT2D eigenvalue weighted by Gasteiger charge is -2.08. The molecule has 0 radical (unpaired) electrons. The molecule has 0 bridgehead atoms. The highest BCUT2D eigenvalue weighted by Gasteiger charge is 2.19. The maximum atomic E-state index is 14.1. The quantitative estimate of drug-likeness (QED) is 0.766. The summed E-state index contributed by atoms with van der Waals surface area (Å²) in [5, 5.41) is 7.26. The Kier molecular flexibility index (Phi) is 4.27. The van der Waals surface area contributed by atoms with Crippen LogP contribution in [0.25, 0.3) is 5.69 Å². The molecule has 1 aliphatic heterocycles. The van der Waals surface area contributed by atoms with Crippen molar-refractivity contribution in [1.29, 1.82) is 0 Å². The summed E-state index contributed by atoms with van der Waals surface area (Å²) in [4.78, 5) is 12.5. The summed E-state index contributed by atoms with van der Waals surface area (Å²) in [5.41, 5.74) is 3.19. The number of rotatable bonds is 4. The van der Waals surface area contributed by atoms with Gasteiger partial charge in [0.2, 0.25) is 12.7 Å². The zero-order valence-corrected chi connectivity index (χ0v) is 15.0. The van der Waals surface area contributed by atoms with Crippen LogP contribution in [0.1, 0.15) is 17.0 Å². The van der Waals surface area contributed by atoms with Crippen LogP contribution < -0.4 is 14.8 Å². The maximum Gasteiger partial charge on any atom is 0.231 e. The van der Waals surface area contributed by atoms with E-state index in [-0.39, 0.29) is 24.9 Å². The summed E-state index contributed by atoms with van der Waals surface area (Å²) in [5.74, 6) is 0.714. The molecule has 0 spiro atoms. The van der Waals surface area contributed by atoms with Gasteiger partial charge in [0.25, 0.3) is 0 Å². The van der Waals surface area contributed by atoms with Crippen LogP contribution in [-0.2, 0) is 11.2 Å². The Labute approximate surface area is 155 Å². The Morgan fingerprint density at radius 2 is 1.96 bits per heavy atom. The standard InChI is InChI=1S/C20H18FN3O3/c1-12-15(13(2)24(23-12)17-6-4-3-5-16(17)21)10-20(25)22-14-7-8-18-19(9-14)27-11-26-18/h3-9H,10-11H2,1-2H3,(H,22,25). The molecule has 1 aliphatic rings. The van der Waals surface area contributed by atoms with Crippen molar-refractivity contribution in [2.75, 3.05) is 12.1 Å². The van der Waals surface area contributed by atoms with Gasteiger partial charge in [0.1, 0.15) is 11.5 Å².